The van der Waals surface area contributed by atoms with Gasteiger partial charge >= 0.3 is 0 Å². The number of rotatable bonds is 2. The monoisotopic (exact) mass is 255 g/mol. The molecule has 0 saturated heterocycles. The number of nitrogen functional groups attached to an aromatic ring is 1. The van der Waals surface area contributed by atoms with Gasteiger partial charge in [0, 0.05) is 23.5 Å². The Morgan fingerprint density at radius 1 is 1.11 bits per heavy atom. The van der Waals surface area contributed by atoms with Gasteiger partial charge in [-0.1, -0.05) is 23.4 Å². The van der Waals surface area contributed by atoms with Crippen molar-refractivity contribution >= 4 is 5.82 Å². The van der Waals surface area contributed by atoms with Crippen LogP contribution in [0.1, 0.15) is 0 Å². The van der Waals surface area contributed by atoms with Gasteiger partial charge in [0.05, 0.1) is 5.56 Å². The third-order valence-corrected chi connectivity index (χ3v) is 2.76. The standard InChI is InChI=1S/C14H10FN3O/c15-11-5-1-3-9(7-11)13-12(14(16)18-19-13)10-4-2-6-17-8-10/h1-8H,(H2,16,18). The second-order valence-corrected chi connectivity index (χ2v) is 4.02. The van der Waals surface area contributed by atoms with Crippen LogP contribution in [0.2, 0.25) is 0 Å². The lowest BCUT2D eigenvalue weighted by molar-refractivity contribution is 0.436. The van der Waals surface area contributed by atoms with Gasteiger partial charge in [-0.25, -0.2) is 4.39 Å². The van der Waals surface area contributed by atoms with Crippen LogP contribution in [0.25, 0.3) is 22.5 Å². The fraction of sp³-hybridized carbons (Fsp3) is 0. The third-order valence-electron chi connectivity index (χ3n) is 2.76. The summed E-state index contributed by atoms with van der Waals surface area (Å²) in [6.45, 7) is 0. The minimum atomic E-state index is -0.343. The molecule has 0 aliphatic heterocycles. The summed E-state index contributed by atoms with van der Waals surface area (Å²) in [5, 5.41) is 3.75. The molecule has 0 atom stereocenters. The molecule has 0 radical (unpaired) electrons. The van der Waals surface area contributed by atoms with Crippen LogP contribution < -0.4 is 5.73 Å². The molecule has 0 bridgehead atoms. The van der Waals surface area contributed by atoms with E-state index in [1.165, 1.54) is 12.1 Å². The van der Waals surface area contributed by atoms with Crippen molar-refractivity contribution < 1.29 is 8.91 Å². The maximum atomic E-state index is 13.3. The van der Waals surface area contributed by atoms with E-state index in [0.29, 0.717) is 16.9 Å². The maximum absolute atomic E-state index is 13.3. The molecule has 2 N–H and O–H groups in total. The van der Waals surface area contributed by atoms with Gasteiger partial charge in [0.25, 0.3) is 0 Å². The minimum Gasteiger partial charge on any atom is -0.380 e. The number of hydrogen-bond donors (Lipinski definition) is 1. The Labute approximate surface area is 108 Å². The quantitative estimate of drug-likeness (QED) is 0.764. The fourth-order valence-electron chi connectivity index (χ4n) is 1.92. The van der Waals surface area contributed by atoms with Gasteiger partial charge in [-0.15, -0.1) is 0 Å². The first-order chi connectivity index (χ1) is 9.25. The summed E-state index contributed by atoms with van der Waals surface area (Å²) in [4.78, 5) is 4.04. The summed E-state index contributed by atoms with van der Waals surface area (Å²) in [7, 11) is 0. The van der Waals surface area contributed by atoms with Crippen LogP contribution in [0, 0.1) is 5.82 Å². The molecule has 0 amide bonds. The average molecular weight is 255 g/mol. The molecule has 0 unspecified atom stereocenters. The Morgan fingerprint density at radius 3 is 2.68 bits per heavy atom. The zero-order valence-electron chi connectivity index (χ0n) is 9.88. The van der Waals surface area contributed by atoms with Gasteiger partial charge in [-0.3, -0.25) is 4.98 Å². The van der Waals surface area contributed by atoms with E-state index in [-0.39, 0.29) is 11.6 Å². The average Bonchev–Trinajstić information content (AvgIpc) is 2.82. The minimum absolute atomic E-state index is 0.257. The summed E-state index contributed by atoms with van der Waals surface area (Å²) < 4.78 is 18.5. The molecule has 1 aromatic carbocycles. The first kappa shape index (κ1) is 11.4. The van der Waals surface area contributed by atoms with Crippen LogP contribution in [0.4, 0.5) is 10.2 Å². The van der Waals surface area contributed by atoms with E-state index in [2.05, 4.69) is 10.1 Å². The summed E-state index contributed by atoms with van der Waals surface area (Å²) in [5.41, 5.74) is 7.81. The van der Waals surface area contributed by atoms with Crippen molar-refractivity contribution in [3.63, 3.8) is 0 Å². The summed E-state index contributed by atoms with van der Waals surface area (Å²) in [5.74, 6) is 0.349. The highest BCUT2D eigenvalue weighted by molar-refractivity contribution is 5.86. The van der Waals surface area contributed by atoms with Crippen molar-refractivity contribution in [1.82, 2.24) is 10.1 Å². The molecule has 3 rings (SSSR count). The molecule has 4 nitrogen and oxygen atoms in total. The molecule has 94 valence electrons. The number of aromatic nitrogens is 2. The van der Waals surface area contributed by atoms with E-state index in [0.717, 1.165) is 5.56 Å². The largest absolute Gasteiger partial charge is 0.380 e. The predicted octanol–water partition coefficient (Wildman–Crippen LogP) is 3.12. The van der Waals surface area contributed by atoms with Crippen LogP contribution >= 0.6 is 0 Å². The van der Waals surface area contributed by atoms with Crippen molar-refractivity contribution in [3.05, 3.63) is 54.6 Å². The number of halogens is 1. The van der Waals surface area contributed by atoms with Crippen LogP contribution in [-0.4, -0.2) is 10.1 Å². The number of nitrogens with zero attached hydrogens (tertiary/aromatic N) is 2. The Bertz CT molecular complexity index is 710. The van der Waals surface area contributed by atoms with Crippen molar-refractivity contribution in [2.45, 2.75) is 0 Å². The van der Waals surface area contributed by atoms with Crippen molar-refractivity contribution in [1.29, 1.82) is 0 Å². The van der Waals surface area contributed by atoms with Gasteiger partial charge in [-0.05, 0) is 18.2 Å². The molecule has 5 heteroatoms. The zero-order valence-corrected chi connectivity index (χ0v) is 9.88. The molecule has 0 spiro atoms. The van der Waals surface area contributed by atoms with Gasteiger partial charge in [0.1, 0.15) is 5.82 Å². The van der Waals surface area contributed by atoms with E-state index in [4.69, 9.17) is 10.3 Å². The normalized spacial score (nSPS) is 10.6. The van der Waals surface area contributed by atoms with E-state index in [1.54, 1.807) is 30.6 Å². The van der Waals surface area contributed by atoms with Gasteiger partial charge in [0.15, 0.2) is 11.6 Å². The van der Waals surface area contributed by atoms with Crippen molar-refractivity contribution in [2.24, 2.45) is 0 Å². The number of pyridine rings is 1. The zero-order chi connectivity index (χ0) is 13.2. The highest BCUT2D eigenvalue weighted by atomic mass is 19.1. The molecule has 2 heterocycles. The smallest absolute Gasteiger partial charge is 0.177 e. The van der Waals surface area contributed by atoms with Crippen molar-refractivity contribution in [2.75, 3.05) is 5.73 Å². The summed E-state index contributed by atoms with van der Waals surface area (Å²) >= 11 is 0. The molecule has 0 saturated carbocycles. The van der Waals surface area contributed by atoms with Crippen LogP contribution in [0.15, 0.2) is 53.3 Å². The van der Waals surface area contributed by atoms with Crippen molar-refractivity contribution in [3.8, 4) is 22.5 Å². The molecular weight excluding hydrogens is 245 g/mol. The third kappa shape index (κ3) is 2.06. The second-order valence-electron chi connectivity index (χ2n) is 4.02. The molecule has 2 aromatic heterocycles. The Hall–Kier alpha value is -2.69. The number of anilines is 1. The van der Waals surface area contributed by atoms with Gasteiger partial charge in [0.2, 0.25) is 0 Å². The highest BCUT2D eigenvalue weighted by Gasteiger charge is 2.17. The van der Waals surface area contributed by atoms with E-state index in [9.17, 15) is 4.39 Å². The Kier molecular flexibility index (Phi) is 2.72. The second kappa shape index (κ2) is 4.53. The summed E-state index contributed by atoms with van der Waals surface area (Å²) in [6, 6.07) is 9.72. The Balaban J connectivity index is 2.19. The van der Waals surface area contributed by atoms with E-state index < -0.39 is 0 Å². The topological polar surface area (TPSA) is 64.9 Å². The van der Waals surface area contributed by atoms with E-state index >= 15 is 0 Å². The molecule has 0 aliphatic carbocycles. The molecule has 0 fully saturated rings. The first-order valence-corrected chi connectivity index (χ1v) is 5.67. The molecule has 19 heavy (non-hydrogen) atoms. The molecular formula is C14H10FN3O. The van der Waals surface area contributed by atoms with Crippen LogP contribution in [0.5, 0.6) is 0 Å². The number of benzene rings is 1. The predicted molar refractivity (Wildman–Crippen MR) is 69.5 cm³/mol. The fourth-order valence-corrected chi connectivity index (χ4v) is 1.92. The van der Waals surface area contributed by atoms with Gasteiger partial charge < -0.3 is 10.3 Å². The van der Waals surface area contributed by atoms with E-state index in [1.807, 2.05) is 6.07 Å². The highest BCUT2D eigenvalue weighted by Crippen LogP contribution is 2.36. The first-order valence-electron chi connectivity index (χ1n) is 5.67. The number of hydrogen-bond acceptors (Lipinski definition) is 4. The number of nitrogens with two attached hydrogens (primary N) is 1. The molecule has 3 aromatic rings. The van der Waals surface area contributed by atoms with Crippen LogP contribution in [-0.2, 0) is 0 Å². The van der Waals surface area contributed by atoms with Gasteiger partial charge in [-0.2, -0.15) is 0 Å². The lowest BCUT2D eigenvalue weighted by atomic mass is 10.0. The maximum Gasteiger partial charge on any atom is 0.177 e. The molecule has 0 aliphatic rings. The SMILES string of the molecule is Nc1noc(-c2cccc(F)c2)c1-c1cccnc1. The lowest BCUT2D eigenvalue weighted by Gasteiger charge is -2.02. The summed E-state index contributed by atoms with van der Waals surface area (Å²) in [6.07, 6.45) is 3.32. The lowest BCUT2D eigenvalue weighted by Crippen LogP contribution is -1.89. The van der Waals surface area contributed by atoms with Crippen LogP contribution in [0.3, 0.4) is 0 Å². The Morgan fingerprint density at radius 2 is 1.95 bits per heavy atom.